The number of hydrogen-bond donors (Lipinski definition) is 1. The van der Waals surface area contributed by atoms with Gasteiger partial charge in [0.1, 0.15) is 5.82 Å². The summed E-state index contributed by atoms with van der Waals surface area (Å²) in [5.74, 6) is -1.51. The normalized spacial score (nSPS) is 11.4. The molecule has 0 aliphatic carbocycles. The summed E-state index contributed by atoms with van der Waals surface area (Å²) < 4.78 is 36.0. The number of halogens is 1. The fourth-order valence-electron chi connectivity index (χ4n) is 1.50. The van der Waals surface area contributed by atoms with E-state index >= 15 is 0 Å². The van der Waals surface area contributed by atoms with E-state index in [0.717, 1.165) is 0 Å². The minimum absolute atomic E-state index is 0.0218. The summed E-state index contributed by atoms with van der Waals surface area (Å²) in [6.07, 6.45) is 0.653. The van der Waals surface area contributed by atoms with Gasteiger partial charge in [0.15, 0.2) is 9.84 Å². The van der Waals surface area contributed by atoms with Crippen LogP contribution in [-0.4, -0.2) is 25.2 Å². The molecule has 6 heteroatoms. The largest absolute Gasteiger partial charge is 0.481 e. The number of hydrogen-bond acceptors (Lipinski definition) is 3. The zero-order valence-corrected chi connectivity index (χ0v) is 10.6. The van der Waals surface area contributed by atoms with Gasteiger partial charge in [-0.1, -0.05) is 12.1 Å². The lowest BCUT2D eigenvalue weighted by Gasteiger charge is -2.04. The highest BCUT2D eigenvalue weighted by Gasteiger charge is 2.12. The maximum Gasteiger partial charge on any atom is 0.303 e. The third kappa shape index (κ3) is 5.77. The van der Waals surface area contributed by atoms with Gasteiger partial charge in [0, 0.05) is 6.42 Å². The summed E-state index contributed by atoms with van der Waals surface area (Å²) in [5, 5.41) is 8.42. The van der Waals surface area contributed by atoms with Crippen LogP contribution in [0.25, 0.3) is 0 Å². The van der Waals surface area contributed by atoms with Crippen LogP contribution in [-0.2, 0) is 20.4 Å². The molecule has 0 amide bonds. The Bertz CT molecular complexity index is 493. The van der Waals surface area contributed by atoms with Crippen LogP contribution in [0.15, 0.2) is 24.3 Å². The lowest BCUT2D eigenvalue weighted by atomic mass is 10.2. The van der Waals surface area contributed by atoms with Crippen molar-refractivity contribution in [2.45, 2.75) is 25.0 Å². The van der Waals surface area contributed by atoms with Gasteiger partial charge < -0.3 is 5.11 Å². The highest BCUT2D eigenvalue weighted by atomic mass is 32.2. The van der Waals surface area contributed by atoms with Crippen LogP contribution < -0.4 is 0 Å². The van der Waals surface area contributed by atoms with E-state index in [-0.39, 0.29) is 17.9 Å². The molecule has 0 saturated carbocycles. The molecular formula is C12H15FO4S. The highest BCUT2D eigenvalue weighted by Crippen LogP contribution is 2.10. The minimum Gasteiger partial charge on any atom is -0.481 e. The van der Waals surface area contributed by atoms with Crippen molar-refractivity contribution < 1.29 is 22.7 Å². The van der Waals surface area contributed by atoms with Crippen LogP contribution in [0.1, 0.15) is 24.8 Å². The Morgan fingerprint density at radius 1 is 1.17 bits per heavy atom. The fraction of sp³-hybridized carbons (Fsp3) is 0.417. The number of unbranched alkanes of at least 4 members (excludes halogenated alkanes) is 1. The van der Waals surface area contributed by atoms with Crippen molar-refractivity contribution in [1.82, 2.24) is 0 Å². The van der Waals surface area contributed by atoms with Crippen LogP contribution in [0.5, 0.6) is 0 Å². The van der Waals surface area contributed by atoms with Gasteiger partial charge in [0.2, 0.25) is 0 Å². The first kappa shape index (κ1) is 14.6. The zero-order chi connectivity index (χ0) is 13.6. The second kappa shape index (κ2) is 6.49. The van der Waals surface area contributed by atoms with Crippen molar-refractivity contribution in [2.24, 2.45) is 0 Å². The predicted octanol–water partition coefficient (Wildman–Crippen LogP) is 2.00. The smallest absolute Gasteiger partial charge is 0.303 e. The number of aliphatic carboxylic acids is 1. The van der Waals surface area contributed by atoms with E-state index in [1.807, 2.05) is 0 Å². The maximum atomic E-state index is 12.6. The molecule has 0 saturated heterocycles. The number of rotatable bonds is 7. The third-order valence-corrected chi connectivity index (χ3v) is 4.08. The Balaban J connectivity index is 2.44. The molecule has 1 aromatic rings. The lowest BCUT2D eigenvalue weighted by molar-refractivity contribution is -0.137. The third-order valence-electron chi connectivity index (χ3n) is 2.40. The molecule has 0 fully saturated rings. The number of carboxylic acids is 1. The molecule has 0 unspecified atom stereocenters. The number of carboxylic acid groups (broad SMARTS) is 1. The van der Waals surface area contributed by atoms with E-state index in [2.05, 4.69) is 0 Å². The first-order valence-corrected chi connectivity index (χ1v) is 7.38. The molecule has 100 valence electrons. The van der Waals surface area contributed by atoms with Gasteiger partial charge in [-0.25, -0.2) is 12.8 Å². The van der Waals surface area contributed by atoms with Crippen molar-refractivity contribution in [3.8, 4) is 0 Å². The topological polar surface area (TPSA) is 71.4 Å². The molecule has 0 atom stereocenters. The van der Waals surface area contributed by atoms with Crippen molar-refractivity contribution >= 4 is 15.8 Å². The van der Waals surface area contributed by atoms with Gasteiger partial charge in [-0.2, -0.15) is 0 Å². The number of benzene rings is 1. The Hall–Kier alpha value is -1.43. The first-order chi connectivity index (χ1) is 8.39. The van der Waals surface area contributed by atoms with Crippen molar-refractivity contribution in [3.63, 3.8) is 0 Å². The summed E-state index contributed by atoms with van der Waals surface area (Å²) in [5.41, 5.74) is 0.537. The molecule has 0 aromatic heterocycles. The van der Waals surface area contributed by atoms with Crippen molar-refractivity contribution in [1.29, 1.82) is 0 Å². The number of carbonyl (C=O) groups is 1. The second-order valence-corrected chi connectivity index (χ2v) is 6.25. The van der Waals surface area contributed by atoms with Crippen LogP contribution in [0, 0.1) is 5.82 Å². The van der Waals surface area contributed by atoms with Gasteiger partial charge in [-0.05, 0) is 30.5 Å². The molecule has 0 bridgehead atoms. The lowest BCUT2D eigenvalue weighted by Crippen LogP contribution is -2.10. The summed E-state index contributed by atoms with van der Waals surface area (Å²) in [6, 6.07) is 5.30. The monoisotopic (exact) mass is 274 g/mol. The molecule has 1 N–H and O–H groups in total. The fourth-order valence-corrected chi connectivity index (χ4v) is 2.99. The van der Waals surface area contributed by atoms with Gasteiger partial charge >= 0.3 is 5.97 Å². The Labute approximate surface area is 105 Å². The van der Waals surface area contributed by atoms with Crippen molar-refractivity contribution in [2.75, 3.05) is 5.75 Å². The molecule has 4 nitrogen and oxygen atoms in total. The van der Waals surface area contributed by atoms with E-state index < -0.39 is 21.6 Å². The maximum absolute atomic E-state index is 12.6. The average Bonchev–Trinajstić information content (AvgIpc) is 2.27. The Morgan fingerprint density at radius 2 is 1.78 bits per heavy atom. The van der Waals surface area contributed by atoms with Gasteiger partial charge in [-0.15, -0.1) is 0 Å². The van der Waals surface area contributed by atoms with Gasteiger partial charge in [0.25, 0.3) is 0 Å². The van der Waals surface area contributed by atoms with E-state index in [4.69, 9.17) is 5.11 Å². The molecule has 18 heavy (non-hydrogen) atoms. The SMILES string of the molecule is O=C(O)CCCCS(=O)(=O)Cc1ccc(F)cc1. The van der Waals surface area contributed by atoms with E-state index in [1.165, 1.54) is 24.3 Å². The first-order valence-electron chi connectivity index (χ1n) is 5.56. The summed E-state index contributed by atoms with van der Waals surface area (Å²) >= 11 is 0. The molecule has 0 spiro atoms. The predicted molar refractivity (Wildman–Crippen MR) is 65.4 cm³/mol. The van der Waals surface area contributed by atoms with Crippen LogP contribution in [0.2, 0.25) is 0 Å². The molecule has 0 aliphatic heterocycles. The van der Waals surface area contributed by atoms with E-state index in [0.29, 0.717) is 18.4 Å². The van der Waals surface area contributed by atoms with Gasteiger partial charge in [-0.3, -0.25) is 4.79 Å². The van der Waals surface area contributed by atoms with E-state index in [9.17, 15) is 17.6 Å². The van der Waals surface area contributed by atoms with Gasteiger partial charge in [0.05, 0.1) is 11.5 Å². The van der Waals surface area contributed by atoms with Crippen molar-refractivity contribution in [3.05, 3.63) is 35.6 Å². The standard InChI is InChI=1S/C12H15FO4S/c13-11-6-4-10(5-7-11)9-18(16,17)8-2-1-3-12(14)15/h4-7H,1-3,8-9H2,(H,14,15). The van der Waals surface area contributed by atoms with Crippen LogP contribution in [0.3, 0.4) is 0 Å². The molecule has 0 aliphatic rings. The quantitative estimate of drug-likeness (QED) is 0.772. The molecule has 1 aromatic carbocycles. The molecule has 0 heterocycles. The Kier molecular flexibility index (Phi) is 5.27. The van der Waals surface area contributed by atoms with Crippen LogP contribution >= 0.6 is 0 Å². The highest BCUT2D eigenvalue weighted by molar-refractivity contribution is 7.90. The summed E-state index contributed by atoms with van der Waals surface area (Å²) in [4.78, 5) is 10.3. The van der Waals surface area contributed by atoms with Crippen LogP contribution in [0.4, 0.5) is 4.39 Å². The summed E-state index contributed by atoms with van der Waals surface area (Å²) in [7, 11) is -3.26. The van der Waals surface area contributed by atoms with E-state index in [1.54, 1.807) is 0 Å². The molecule has 1 rings (SSSR count). The Morgan fingerprint density at radius 3 is 2.33 bits per heavy atom. The summed E-state index contributed by atoms with van der Waals surface area (Å²) in [6.45, 7) is 0. The molecular weight excluding hydrogens is 259 g/mol. The zero-order valence-electron chi connectivity index (χ0n) is 9.80. The average molecular weight is 274 g/mol. The second-order valence-electron chi connectivity index (χ2n) is 4.07. The minimum atomic E-state index is -3.26. The molecule has 0 radical (unpaired) electrons. The number of sulfone groups is 1.